The lowest BCUT2D eigenvalue weighted by Crippen LogP contribution is -2.42. The molecule has 0 radical (unpaired) electrons. The van der Waals surface area contributed by atoms with Crippen LogP contribution in [0.1, 0.15) is 49.6 Å². The normalized spacial score (nSPS) is 17.2. The van der Waals surface area contributed by atoms with Crippen LogP contribution in [0.5, 0.6) is 0 Å². The molecule has 0 bridgehead atoms. The summed E-state index contributed by atoms with van der Waals surface area (Å²) in [4.78, 5) is 7.01. The topological polar surface area (TPSA) is 40.2 Å². The summed E-state index contributed by atoms with van der Waals surface area (Å²) in [6.45, 7) is 10.5. The van der Waals surface area contributed by atoms with Gasteiger partial charge >= 0.3 is 0 Å². The summed E-state index contributed by atoms with van der Waals surface area (Å²) in [6, 6.07) is 2.50. The quantitative estimate of drug-likeness (QED) is 0.789. The molecular weight excluding hydrogens is 292 g/mol. The number of rotatable bonds is 6. The van der Waals surface area contributed by atoms with Gasteiger partial charge < -0.3 is 15.5 Å². The molecule has 122 valence electrons. The van der Waals surface area contributed by atoms with Crippen LogP contribution in [0.3, 0.4) is 0 Å². The Hall–Kier alpha value is -1.20. The van der Waals surface area contributed by atoms with Crippen LogP contribution in [-0.4, -0.2) is 41.2 Å². The molecule has 0 saturated carbocycles. The molecule has 2 N–H and O–H groups in total. The molecule has 1 aliphatic rings. The average Bonchev–Trinajstić information content (AvgIpc) is 2.51. The first-order valence-electron chi connectivity index (χ1n) is 8.36. The fourth-order valence-corrected chi connectivity index (χ4v) is 3.25. The van der Waals surface area contributed by atoms with E-state index in [2.05, 4.69) is 47.4 Å². The first-order chi connectivity index (χ1) is 10.6. The van der Waals surface area contributed by atoms with Crippen molar-refractivity contribution in [1.82, 2.24) is 20.5 Å². The van der Waals surface area contributed by atoms with Crippen LogP contribution in [0.15, 0.2) is 12.3 Å². The van der Waals surface area contributed by atoms with E-state index in [1.807, 2.05) is 6.20 Å². The number of aryl methyl sites for hydroxylation is 2. The molecule has 1 aromatic heterocycles. The Bertz CT molecular complexity index is 499. The highest BCUT2D eigenvalue weighted by Gasteiger charge is 2.22. The lowest BCUT2D eigenvalue weighted by molar-refractivity contribution is 0.308. The molecule has 22 heavy (non-hydrogen) atoms. The number of likely N-dealkylation sites (N-methyl/N-ethyl adjacent to an activating group) is 1. The van der Waals surface area contributed by atoms with Crippen molar-refractivity contribution in [2.45, 2.75) is 46.1 Å². The Morgan fingerprint density at radius 3 is 2.91 bits per heavy atom. The van der Waals surface area contributed by atoms with Gasteiger partial charge in [-0.3, -0.25) is 4.98 Å². The van der Waals surface area contributed by atoms with Gasteiger partial charge in [-0.2, -0.15) is 0 Å². The van der Waals surface area contributed by atoms with Crippen LogP contribution in [0, 0.1) is 6.92 Å². The highest BCUT2D eigenvalue weighted by Crippen LogP contribution is 2.28. The zero-order valence-corrected chi connectivity index (χ0v) is 14.8. The molecule has 0 saturated heterocycles. The first kappa shape index (κ1) is 17.2. The second-order valence-electron chi connectivity index (χ2n) is 5.93. The molecule has 0 spiro atoms. The molecule has 0 amide bonds. The lowest BCUT2D eigenvalue weighted by atomic mass is 9.91. The highest BCUT2D eigenvalue weighted by molar-refractivity contribution is 7.80. The van der Waals surface area contributed by atoms with Crippen molar-refractivity contribution < 1.29 is 0 Å². The molecule has 1 unspecified atom stereocenters. The van der Waals surface area contributed by atoms with Crippen LogP contribution in [0.25, 0.3) is 0 Å². The van der Waals surface area contributed by atoms with Crippen LogP contribution in [0.2, 0.25) is 0 Å². The maximum atomic E-state index is 5.45. The third-order valence-corrected chi connectivity index (χ3v) is 4.58. The smallest absolute Gasteiger partial charge is 0.166 e. The van der Waals surface area contributed by atoms with E-state index >= 15 is 0 Å². The first-order valence-corrected chi connectivity index (χ1v) is 8.77. The lowest BCUT2D eigenvalue weighted by Gasteiger charge is -2.27. The van der Waals surface area contributed by atoms with E-state index in [9.17, 15) is 0 Å². The standard InChI is InChI=1S/C17H28N4S/c1-4-21(5-2)10-9-18-17(22)20-15-8-6-7-14-11-13(3)12-19-16(14)15/h11-12,15H,4-10H2,1-3H3,(H2,18,20,22). The number of nitrogens with zero attached hydrogens (tertiary/aromatic N) is 2. The Balaban J connectivity index is 1.85. The number of aromatic nitrogens is 1. The zero-order valence-electron chi connectivity index (χ0n) is 14.0. The van der Waals surface area contributed by atoms with Crippen LogP contribution in [-0.2, 0) is 6.42 Å². The van der Waals surface area contributed by atoms with Crippen molar-refractivity contribution in [3.8, 4) is 0 Å². The van der Waals surface area contributed by atoms with Gasteiger partial charge in [0, 0.05) is 19.3 Å². The maximum Gasteiger partial charge on any atom is 0.166 e. The van der Waals surface area contributed by atoms with Gasteiger partial charge in [-0.25, -0.2) is 0 Å². The molecule has 0 aliphatic heterocycles. The van der Waals surface area contributed by atoms with E-state index in [4.69, 9.17) is 12.2 Å². The van der Waals surface area contributed by atoms with Crippen molar-refractivity contribution in [1.29, 1.82) is 0 Å². The number of hydrogen-bond donors (Lipinski definition) is 2. The van der Waals surface area contributed by atoms with Crippen LogP contribution in [0.4, 0.5) is 0 Å². The largest absolute Gasteiger partial charge is 0.361 e. The fraction of sp³-hybridized carbons (Fsp3) is 0.647. The molecule has 0 aromatic carbocycles. The van der Waals surface area contributed by atoms with Crippen LogP contribution < -0.4 is 10.6 Å². The molecule has 0 fully saturated rings. The summed E-state index contributed by atoms with van der Waals surface area (Å²) in [5.41, 5.74) is 3.78. The summed E-state index contributed by atoms with van der Waals surface area (Å²) >= 11 is 5.45. The fourth-order valence-electron chi connectivity index (χ4n) is 3.00. The van der Waals surface area contributed by atoms with E-state index in [1.165, 1.54) is 23.2 Å². The summed E-state index contributed by atoms with van der Waals surface area (Å²) in [7, 11) is 0. The minimum atomic E-state index is 0.248. The second kappa shape index (κ2) is 8.44. The Labute approximate surface area is 139 Å². The molecule has 1 aromatic rings. The number of thiocarbonyl (C=S) groups is 1. The maximum absolute atomic E-state index is 5.45. The number of pyridine rings is 1. The molecule has 1 aliphatic carbocycles. The molecule has 2 rings (SSSR count). The predicted octanol–water partition coefficient (Wildman–Crippen LogP) is 2.57. The SMILES string of the molecule is CCN(CC)CCNC(=S)NC1CCCc2cc(C)cnc21. The Kier molecular flexibility index (Phi) is 6.58. The van der Waals surface area contributed by atoms with Crippen LogP contribution >= 0.6 is 12.2 Å². The minimum Gasteiger partial charge on any atom is -0.361 e. The van der Waals surface area contributed by atoms with E-state index < -0.39 is 0 Å². The Morgan fingerprint density at radius 1 is 1.41 bits per heavy atom. The highest BCUT2D eigenvalue weighted by atomic mass is 32.1. The van der Waals surface area contributed by atoms with Gasteiger partial charge in [0.2, 0.25) is 0 Å². The van der Waals surface area contributed by atoms with Crippen molar-refractivity contribution in [3.63, 3.8) is 0 Å². The number of hydrogen-bond acceptors (Lipinski definition) is 3. The van der Waals surface area contributed by atoms with Crippen molar-refractivity contribution in [2.24, 2.45) is 0 Å². The summed E-state index contributed by atoms with van der Waals surface area (Å²) in [5.74, 6) is 0. The van der Waals surface area contributed by atoms with E-state index in [0.717, 1.165) is 44.1 Å². The van der Waals surface area contributed by atoms with Gasteiger partial charge in [-0.1, -0.05) is 19.9 Å². The monoisotopic (exact) mass is 320 g/mol. The van der Waals surface area contributed by atoms with Gasteiger partial charge in [0.05, 0.1) is 11.7 Å². The summed E-state index contributed by atoms with van der Waals surface area (Å²) in [6.07, 6.45) is 5.37. The summed E-state index contributed by atoms with van der Waals surface area (Å²) in [5, 5.41) is 7.51. The number of fused-ring (bicyclic) bond motifs is 1. The van der Waals surface area contributed by atoms with Crippen molar-refractivity contribution in [2.75, 3.05) is 26.2 Å². The van der Waals surface area contributed by atoms with Gasteiger partial charge in [0.1, 0.15) is 0 Å². The van der Waals surface area contributed by atoms with Crippen molar-refractivity contribution >= 4 is 17.3 Å². The molecule has 4 nitrogen and oxygen atoms in total. The minimum absolute atomic E-state index is 0.248. The summed E-state index contributed by atoms with van der Waals surface area (Å²) < 4.78 is 0. The van der Waals surface area contributed by atoms with Gasteiger partial charge in [0.15, 0.2) is 5.11 Å². The number of nitrogens with one attached hydrogen (secondary N) is 2. The van der Waals surface area contributed by atoms with Gasteiger partial charge in [-0.15, -0.1) is 0 Å². The molecular formula is C17H28N4S. The zero-order chi connectivity index (χ0) is 15.9. The molecule has 5 heteroatoms. The molecule has 1 atom stereocenters. The predicted molar refractivity (Wildman–Crippen MR) is 96.2 cm³/mol. The van der Waals surface area contributed by atoms with Gasteiger partial charge in [-0.05, 0) is 62.6 Å². The third-order valence-electron chi connectivity index (χ3n) is 4.32. The average molecular weight is 321 g/mol. The third kappa shape index (κ3) is 4.65. The van der Waals surface area contributed by atoms with E-state index in [-0.39, 0.29) is 6.04 Å². The van der Waals surface area contributed by atoms with Gasteiger partial charge in [0.25, 0.3) is 0 Å². The van der Waals surface area contributed by atoms with Crippen molar-refractivity contribution in [3.05, 3.63) is 29.1 Å². The van der Waals surface area contributed by atoms with E-state index in [1.54, 1.807) is 0 Å². The van der Waals surface area contributed by atoms with E-state index in [0.29, 0.717) is 0 Å². The Morgan fingerprint density at radius 2 is 2.18 bits per heavy atom. The second-order valence-corrected chi connectivity index (χ2v) is 6.34. The molecule has 1 heterocycles.